The van der Waals surface area contributed by atoms with Crippen molar-refractivity contribution in [1.82, 2.24) is 4.90 Å². The molecule has 0 aliphatic carbocycles. The van der Waals surface area contributed by atoms with E-state index in [9.17, 15) is 14.6 Å². The van der Waals surface area contributed by atoms with Crippen LogP contribution in [0.15, 0.2) is 42.5 Å². The van der Waals surface area contributed by atoms with Crippen LogP contribution in [0.1, 0.15) is 30.1 Å². The zero-order valence-corrected chi connectivity index (χ0v) is 15.1. The molecular weight excluding hydrogens is 333 g/mol. The second-order valence-electron chi connectivity index (χ2n) is 6.90. The molecule has 0 unspecified atom stereocenters. The summed E-state index contributed by atoms with van der Waals surface area (Å²) in [4.78, 5) is 2.38. The van der Waals surface area contributed by atoms with Gasteiger partial charge in [0.2, 0.25) is 0 Å². The van der Waals surface area contributed by atoms with Crippen LogP contribution in [0.4, 0.5) is 4.39 Å². The molecule has 140 valence electrons. The van der Waals surface area contributed by atoms with Crippen molar-refractivity contribution in [3.63, 3.8) is 0 Å². The summed E-state index contributed by atoms with van der Waals surface area (Å²) in [5.74, 6) is 0.359. The molecule has 1 heterocycles. The van der Waals surface area contributed by atoms with Crippen molar-refractivity contribution in [1.29, 1.82) is 0 Å². The van der Waals surface area contributed by atoms with Crippen molar-refractivity contribution in [2.45, 2.75) is 25.4 Å². The fraction of sp³-hybridized carbons (Fsp3) is 0.429. The first-order valence-electron chi connectivity index (χ1n) is 9.09. The van der Waals surface area contributed by atoms with Crippen LogP contribution < -0.4 is 4.74 Å². The molecule has 0 saturated carbocycles. The summed E-state index contributed by atoms with van der Waals surface area (Å²) < 4.78 is 18.2. The number of hydrogen-bond donors (Lipinski definition) is 2. The molecular formula is C21H26FNO3. The molecule has 26 heavy (non-hydrogen) atoms. The second kappa shape index (κ2) is 8.52. The van der Waals surface area contributed by atoms with E-state index >= 15 is 0 Å². The number of hydrogen-bond acceptors (Lipinski definition) is 4. The third kappa shape index (κ3) is 4.34. The highest BCUT2D eigenvalue weighted by molar-refractivity contribution is 5.46. The zero-order valence-electron chi connectivity index (χ0n) is 15.1. The number of methoxy groups -OCH3 is 1. The first-order valence-corrected chi connectivity index (χ1v) is 9.09. The Kier molecular flexibility index (Phi) is 6.12. The van der Waals surface area contributed by atoms with Gasteiger partial charge in [0.25, 0.3) is 0 Å². The van der Waals surface area contributed by atoms with Crippen LogP contribution in [0.3, 0.4) is 0 Å². The van der Waals surface area contributed by atoms with Crippen LogP contribution in [0.2, 0.25) is 0 Å². The van der Waals surface area contributed by atoms with Gasteiger partial charge in [-0.05, 0) is 62.0 Å². The molecule has 0 radical (unpaired) electrons. The quantitative estimate of drug-likeness (QED) is 0.829. The van der Waals surface area contributed by atoms with E-state index in [1.807, 2.05) is 18.2 Å². The van der Waals surface area contributed by atoms with Gasteiger partial charge in [-0.2, -0.15) is 0 Å². The third-order valence-corrected chi connectivity index (χ3v) is 5.26. The maximum atomic E-state index is 13.0. The average molecular weight is 359 g/mol. The summed E-state index contributed by atoms with van der Waals surface area (Å²) >= 11 is 0. The first-order chi connectivity index (χ1) is 12.6. The molecule has 0 spiro atoms. The lowest BCUT2D eigenvalue weighted by Gasteiger charge is -2.34. The number of ether oxygens (including phenoxy) is 1. The van der Waals surface area contributed by atoms with Gasteiger partial charge in [-0.1, -0.05) is 24.3 Å². The number of rotatable bonds is 6. The van der Waals surface area contributed by atoms with E-state index in [4.69, 9.17) is 4.74 Å². The number of nitrogens with zero attached hydrogens (tertiary/aromatic N) is 1. The van der Waals surface area contributed by atoms with E-state index in [0.29, 0.717) is 11.3 Å². The highest BCUT2D eigenvalue weighted by Crippen LogP contribution is 2.39. The minimum Gasteiger partial charge on any atom is -0.504 e. The summed E-state index contributed by atoms with van der Waals surface area (Å²) in [5.41, 5.74) is 1.79. The van der Waals surface area contributed by atoms with Gasteiger partial charge in [0.05, 0.1) is 13.2 Å². The lowest BCUT2D eigenvalue weighted by molar-refractivity contribution is 0.0573. The predicted octanol–water partition coefficient (Wildman–Crippen LogP) is 3.53. The van der Waals surface area contributed by atoms with Crippen molar-refractivity contribution >= 4 is 0 Å². The van der Waals surface area contributed by atoms with E-state index in [1.54, 1.807) is 12.1 Å². The van der Waals surface area contributed by atoms with Crippen molar-refractivity contribution in [2.24, 2.45) is 5.92 Å². The molecule has 0 bridgehead atoms. The number of phenols is 1. The molecule has 0 amide bonds. The molecule has 1 fully saturated rings. The Morgan fingerprint density at radius 3 is 2.50 bits per heavy atom. The third-order valence-electron chi connectivity index (χ3n) is 5.26. The fourth-order valence-corrected chi connectivity index (χ4v) is 3.68. The largest absolute Gasteiger partial charge is 0.504 e. The summed E-state index contributed by atoms with van der Waals surface area (Å²) in [7, 11) is 1.50. The standard InChI is InChI=1S/C21H26FNO3/c1-26-21-18(3-2-4-19(21)24)20(25)16-10-13-23(14-11-16)12-9-15-5-7-17(22)8-6-15/h2-8,16,20,24-25H,9-14H2,1H3/t20-/m0/s1. The fourth-order valence-electron chi connectivity index (χ4n) is 3.68. The molecule has 1 saturated heterocycles. The maximum absolute atomic E-state index is 13.0. The smallest absolute Gasteiger partial charge is 0.166 e. The lowest BCUT2D eigenvalue weighted by atomic mass is 9.87. The molecule has 5 heteroatoms. The number of likely N-dealkylation sites (tertiary alicyclic amines) is 1. The minimum atomic E-state index is -0.642. The van der Waals surface area contributed by atoms with Crippen LogP contribution in [-0.4, -0.2) is 41.9 Å². The second-order valence-corrected chi connectivity index (χ2v) is 6.90. The summed E-state index contributed by atoms with van der Waals surface area (Å²) in [6, 6.07) is 11.8. The van der Waals surface area contributed by atoms with Gasteiger partial charge in [0.15, 0.2) is 11.5 Å². The lowest BCUT2D eigenvalue weighted by Crippen LogP contribution is -2.36. The monoisotopic (exact) mass is 359 g/mol. The van der Waals surface area contributed by atoms with Gasteiger partial charge in [0, 0.05) is 12.1 Å². The molecule has 3 rings (SSSR count). The number of para-hydroxylation sites is 1. The van der Waals surface area contributed by atoms with Crippen molar-refractivity contribution in [3.05, 3.63) is 59.4 Å². The summed E-state index contributed by atoms with van der Waals surface area (Å²) in [6.45, 7) is 2.78. The normalized spacial score (nSPS) is 17.2. The van der Waals surface area contributed by atoms with Gasteiger partial charge in [-0.25, -0.2) is 4.39 Å². The highest BCUT2D eigenvalue weighted by atomic mass is 19.1. The van der Waals surface area contributed by atoms with Crippen LogP contribution in [0, 0.1) is 11.7 Å². The Morgan fingerprint density at radius 1 is 1.15 bits per heavy atom. The van der Waals surface area contributed by atoms with E-state index < -0.39 is 6.10 Å². The zero-order chi connectivity index (χ0) is 18.5. The number of aliphatic hydroxyl groups excluding tert-OH is 1. The highest BCUT2D eigenvalue weighted by Gasteiger charge is 2.28. The molecule has 1 aliphatic rings. The average Bonchev–Trinajstić information content (AvgIpc) is 2.67. The molecule has 0 aromatic heterocycles. The van der Waals surface area contributed by atoms with Crippen LogP contribution >= 0.6 is 0 Å². The van der Waals surface area contributed by atoms with E-state index in [-0.39, 0.29) is 17.5 Å². The van der Waals surface area contributed by atoms with Crippen LogP contribution in [0.25, 0.3) is 0 Å². The van der Waals surface area contributed by atoms with Gasteiger partial charge >= 0.3 is 0 Å². The SMILES string of the molecule is COc1c(O)cccc1[C@@H](O)C1CCN(CCc2ccc(F)cc2)CC1. The Morgan fingerprint density at radius 2 is 1.85 bits per heavy atom. The number of piperidine rings is 1. The molecule has 2 aromatic carbocycles. The Balaban J connectivity index is 1.53. The van der Waals surface area contributed by atoms with E-state index in [1.165, 1.54) is 19.2 Å². The minimum absolute atomic E-state index is 0.0563. The molecule has 4 nitrogen and oxygen atoms in total. The summed E-state index contributed by atoms with van der Waals surface area (Å²) in [6.07, 6.45) is 2.04. The molecule has 2 aromatic rings. The summed E-state index contributed by atoms with van der Waals surface area (Å²) in [5, 5.41) is 20.7. The predicted molar refractivity (Wildman–Crippen MR) is 98.9 cm³/mol. The molecule has 2 N–H and O–H groups in total. The number of aromatic hydroxyl groups is 1. The molecule has 1 atom stereocenters. The van der Waals surface area contributed by atoms with Gasteiger partial charge in [-0.15, -0.1) is 0 Å². The number of phenolic OH excluding ortho intramolecular Hbond substituents is 1. The van der Waals surface area contributed by atoms with E-state index in [2.05, 4.69) is 4.90 Å². The van der Waals surface area contributed by atoms with E-state index in [0.717, 1.165) is 44.5 Å². The topological polar surface area (TPSA) is 52.9 Å². The molecule has 1 aliphatic heterocycles. The van der Waals surface area contributed by atoms with Crippen molar-refractivity contribution < 1.29 is 19.3 Å². The Labute approximate surface area is 153 Å². The Bertz CT molecular complexity index is 712. The Hall–Kier alpha value is -2.11. The number of benzene rings is 2. The maximum Gasteiger partial charge on any atom is 0.166 e. The van der Waals surface area contributed by atoms with Gasteiger partial charge < -0.3 is 19.8 Å². The number of aliphatic hydroxyl groups is 1. The van der Waals surface area contributed by atoms with Crippen molar-refractivity contribution in [2.75, 3.05) is 26.7 Å². The van der Waals surface area contributed by atoms with Gasteiger partial charge in [0.1, 0.15) is 5.82 Å². The van der Waals surface area contributed by atoms with Crippen molar-refractivity contribution in [3.8, 4) is 11.5 Å². The van der Waals surface area contributed by atoms with Gasteiger partial charge in [-0.3, -0.25) is 0 Å². The van der Waals surface area contributed by atoms with Crippen LogP contribution in [-0.2, 0) is 6.42 Å². The van der Waals surface area contributed by atoms with Crippen LogP contribution in [0.5, 0.6) is 11.5 Å². The number of halogens is 1. The first kappa shape index (κ1) is 18.7.